The van der Waals surface area contributed by atoms with Crippen LogP contribution < -0.4 is 15.5 Å². The summed E-state index contributed by atoms with van der Waals surface area (Å²) in [7, 11) is 0. The van der Waals surface area contributed by atoms with Crippen LogP contribution in [0.2, 0.25) is 0 Å². The standard InChI is InChI=1S/C24H29FN8O/c1-4-32(5-2)23(34)18-14-33(15-18)22-12-20(29-21-13-26-10-11-27-21)30-24(31-22)28-16(3)17-6-8-19(25)9-7-17/h6-13,16,18H,4-5,14-15H2,1-3H3,(H2,27,28,29,30,31)/t16-/m0/s1. The maximum atomic E-state index is 13.3. The van der Waals surface area contributed by atoms with Crippen molar-refractivity contribution in [1.82, 2.24) is 24.8 Å². The fourth-order valence-corrected chi connectivity index (χ4v) is 3.86. The second kappa shape index (κ2) is 10.4. The van der Waals surface area contributed by atoms with Crippen LogP contribution in [0.4, 0.5) is 27.8 Å². The van der Waals surface area contributed by atoms with Gasteiger partial charge in [-0.15, -0.1) is 0 Å². The van der Waals surface area contributed by atoms with Gasteiger partial charge >= 0.3 is 0 Å². The number of anilines is 4. The Balaban J connectivity index is 1.54. The van der Waals surface area contributed by atoms with E-state index < -0.39 is 0 Å². The van der Waals surface area contributed by atoms with Crippen LogP contribution in [0, 0.1) is 11.7 Å². The first-order chi connectivity index (χ1) is 16.5. The molecule has 1 amide bonds. The number of hydrogen-bond donors (Lipinski definition) is 2. The molecule has 1 saturated heterocycles. The van der Waals surface area contributed by atoms with Crippen LogP contribution in [-0.2, 0) is 4.79 Å². The van der Waals surface area contributed by atoms with Gasteiger partial charge in [0.1, 0.15) is 23.3 Å². The first-order valence-corrected chi connectivity index (χ1v) is 11.4. The molecule has 0 saturated carbocycles. The van der Waals surface area contributed by atoms with E-state index in [1.807, 2.05) is 31.7 Å². The minimum atomic E-state index is -0.281. The Kier molecular flexibility index (Phi) is 7.15. The summed E-state index contributed by atoms with van der Waals surface area (Å²) < 4.78 is 13.3. The van der Waals surface area contributed by atoms with E-state index in [2.05, 4.69) is 35.5 Å². The largest absolute Gasteiger partial charge is 0.355 e. The maximum Gasteiger partial charge on any atom is 0.229 e. The van der Waals surface area contributed by atoms with Crippen LogP contribution in [0.1, 0.15) is 32.4 Å². The second-order valence-corrected chi connectivity index (χ2v) is 8.18. The molecule has 0 radical (unpaired) electrons. The lowest BCUT2D eigenvalue weighted by Gasteiger charge is -2.41. The average Bonchev–Trinajstić information content (AvgIpc) is 2.80. The summed E-state index contributed by atoms with van der Waals surface area (Å²) >= 11 is 0. The Labute approximate surface area is 198 Å². The molecule has 2 N–H and O–H groups in total. The van der Waals surface area contributed by atoms with Crippen LogP contribution >= 0.6 is 0 Å². The Hall–Kier alpha value is -3.82. The summed E-state index contributed by atoms with van der Waals surface area (Å²) in [6.45, 7) is 8.57. The monoisotopic (exact) mass is 464 g/mol. The van der Waals surface area contributed by atoms with Crippen LogP contribution in [0.25, 0.3) is 0 Å². The van der Waals surface area contributed by atoms with Gasteiger partial charge in [-0.25, -0.2) is 9.37 Å². The van der Waals surface area contributed by atoms with Crippen molar-refractivity contribution >= 4 is 29.3 Å². The van der Waals surface area contributed by atoms with Crippen molar-refractivity contribution in [2.24, 2.45) is 5.92 Å². The summed E-state index contributed by atoms with van der Waals surface area (Å²) in [5.41, 5.74) is 0.910. The van der Waals surface area contributed by atoms with Crippen molar-refractivity contribution in [3.8, 4) is 0 Å². The molecule has 1 aromatic carbocycles. The van der Waals surface area contributed by atoms with Crippen LogP contribution in [0.5, 0.6) is 0 Å². The lowest BCUT2D eigenvalue weighted by atomic mass is 9.98. The Bertz CT molecular complexity index is 1100. The number of nitrogens with one attached hydrogen (secondary N) is 2. The lowest BCUT2D eigenvalue weighted by Crippen LogP contribution is -2.55. The van der Waals surface area contributed by atoms with Crippen LogP contribution in [0.15, 0.2) is 48.9 Å². The quantitative estimate of drug-likeness (QED) is 0.495. The fourth-order valence-electron chi connectivity index (χ4n) is 3.86. The third kappa shape index (κ3) is 5.38. The molecule has 0 spiro atoms. The molecule has 178 valence electrons. The first-order valence-electron chi connectivity index (χ1n) is 11.4. The molecule has 1 aliphatic rings. The molecule has 4 rings (SSSR count). The molecule has 1 fully saturated rings. The van der Waals surface area contributed by atoms with Gasteiger partial charge in [-0.2, -0.15) is 9.97 Å². The number of hydrogen-bond acceptors (Lipinski definition) is 8. The summed E-state index contributed by atoms with van der Waals surface area (Å²) in [5.74, 6) is 2.09. The van der Waals surface area contributed by atoms with Gasteiger partial charge in [-0.1, -0.05) is 12.1 Å². The molecule has 1 aliphatic heterocycles. The zero-order chi connectivity index (χ0) is 24.1. The van der Waals surface area contributed by atoms with E-state index in [4.69, 9.17) is 0 Å². The number of amides is 1. The van der Waals surface area contributed by atoms with E-state index in [0.29, 0.717) is 49.6 Å². The molecule has 9 nitrogen and oxygen atoms in total. The number of halogens is 1. The van der Waals surface area contributed by atoms with Crippen molar-refractivity contribution in [1.29, 1.82) is 0 Å². The third-order valence-corrected chi connectivity index (χ3v) is 5.88. The third-order valence-electron chi connectivity index (χ3n) is 5.88. The van der Waals surface area contributed by atoms with Crippen molar-refractivity contribution in [2.45, 2.75) is 26.8 Å². The molecule has 0 unspecified atom stereocenters. The van der Waals surface area contributed by atoms with Crippen LogP contribution in [-0.4, -0.2) is 56.9 Å². The predicted octanol–water partition coefficient (Wildman–Crippen LogP) is 3.63. The van der Waals surface area contributed by atoms with E-state index in [1.165, 1.54) is 12.1 Å². The van der Waals surface area contributed by atoms with Gasteiger partial charge in [0.05, 0.1) is 18.2 Å². The highest BCUT2D eigenvalue weighted by Gasteiger charge is 2.35. The summed E-state index contributed by atoms with van der Waals surface area (Å²) in [6, 6.07) is 8.01. The fraction of sp³-hybridized carbons (Fsp3) is 0.375. The van der Waals surface area contributed by atoms with E-state index in [-0.39, 0.29) is 23.7 Å². The number of rotatable bonds is 9. The van der Waals surface area contributed by atoms with Crippen molar-refractivity contribution in [2.75, 3.05) is 41.7 Å². The molecule has 34 heavy (non-hydrogen) atoms. The van der Waals surface area contributed by atoms with Crippen LogP contribution in [0.3, 0.4) is 0 Å². The summed E-state index contributed by atoms with van der Waals surface area (Å²) in [4.78, 5) is 34.2. The van der Waals surface area contributed by atoms with Gasteiger partial charge in [0, 0.05) is 44.6 Å². The number of aromatic nitrogens is 4. The Morgan fingerprint density at radius 1 is 1.15 bits per heavy atom. The van der Waals surface area contributed by atoms with Crippen molar-refractivity contribution < 1.29 is 9.18 Å². The lowest BCUT2D eigenvalue weighted by molar-refractivity contribution is -0.135. The SMILES string of the molecule is CCN(CC)C(=O)C1CN(c2cc(Nc3cnccn3)nc(N[C@@H](C)c3ccc(F)cc3)n2)C1. The van der Waals surface area contributed by atoms with Gasteiger partial charge in [-0.3, -0.25) is 9.78 Å². The molecule has 2 aromatic heterocycles. The minimum absolute atomic E-state index is 0.0409. The molecule has 3 heterocycles. The molecule has 3 aromatic rings. The first kappa shape index (κ1) is 23.3. The molecular formula is C24H29FN8O. The Morgan fingerprint density at radius 2 is 1.88 bits per heavy atom. The Morgan fingerprint density at radius 3 is 2.53 bits per heavy atom. The predicted molar refractivity (Wildman–Crippen MR) is 129 cm³/mol. The zero-order valence-electron chi connectivity index (χ0n) is 19.6. The van der Waals surface area contributed by atoms with Gasteiger partial charge in [-0.05, 0) is 38.5 Å². The smallest absolute Gasteiger partial charge is 0.229 e. The van der Waals surface area contributed by atoms with Gasteiger partial charge in [0.2, 0.25) is 11.9 Å². The number of nitrogens with zero attached hydrogens (tertiary/aromatic N) is 6. The van der Waals surface area contributed by atoms with Crippen molar-refractivity contribution in [3.05, 3.63) is 60.3 Å². The van der Waals surface area contributed by atoms with Gasteiger partial charge < -0.3 is 20.4 Å². The number of carbonyl (C=O) groups excluding carboxylic acids is 1. The average molecular weight is 465 g/mol. The van der Waals surface area contributed by atoms with E-state index in [1.54, 1.807) is 30.7 Å². The summed E-state index contributed by atoms with van der Waals surface area (Å²) in [5, 5.41) is 6.46. The highest BCUT2D eigenvalue weighted by molar-refractivity contribution is 5.82. The molecule has 0 bridgehead atoms. The van der Waals surface area contributed by atoms with E-state index in [9.17, 15) is 9.18 Å². The zero-order valence-corrected chi connectivity index (χ0v) is 19.6. The number of carbonyl (C=O) groups is 1. The molecule has 1 atom stereocenters. The second-order valence-electron chi connectivity index (χ2n) is 8.18. The molecule has 0 aliphatic carbocycles. The maximum absolute atomic E-state index is 13.3. The number of benzene rings is 1. The summed E-state index contributed by atoms with van der Waals surface area (Å²) in [6.07, 6.45) is 4.80. The van der Waals surface area contributed by atoms with Gasteiger partial charge in [0.25, 0.3) is 0 Å². The van der Waals surface area contributed by atoms with E-state index >= 15 is 0 Å². The van der Waals surface area contributed by atoms with Gasteiger partial charge in [0.15, 0.2) is 0 Å². The highest BCUT2D eigenvalue weighted by atomic mass is 19.1. The molecule has 10 heteroatoms. The van der Waals surface area contributed by atoms with E-state index in [0.717, 1.165) is 5.56 Å². The minimum Gasteiger partial charge on any atom is -0.355 e. The highest BCUT2D eigenvalue weighted by Crippen LogP contribution is 2.29. The molecular weight excluding hydrogens is 435 g/mol. The topological polar surface area (TPSA) is 99.2 Å². The van der Waals surface area contributed by atoms with Crippen molar-refractivity contribution in [3.63, 3.8) is 0 Å². The normalized spacial score (nSPS) is 14.3.